The van der Waals surface area contributed by atoms with E-state index in [2.05, 4.69) is 4.90 Å². The molecule has 1 fully saturated rings. The van der Waals surface area contributed by atoms with Gasteiger partial charge in [-0.25, -0.2) is 4.79 Å². The molecule has 5 heteroatoms. The van der Waals surface area contributed by atoms with Gasteiger partial charge in [0.2, 0.25) is 5.91 Å². The first kappa shape index (κ1) is 18.0. The van der Waals surface area contributed by atoms with Gasteiger partial charge in [0.05, 0.1) is 24.8 Å². The van der Waals surface area contributed by atoms with Gasteiger partial charge in [0.1, 0.15) is 0 Å². The maximum absolute atomic E-state index is 12.6. The van der Waals surface area contributed by atoms with Crippen LogP contribution in [0.15, 0.2) is 48.5 Å². The Morgan fingerprint density at radius 2 is 1.62 bits per heavy atom. The molecule has 0 bridgehead atoms. The zero-order valence-corrected chi connectivity index (χ0v) is 15.3. The van der Waals surface area contributed by atoms with Crippen LogP contribution in [0.3, 0.4) is 0 Å². The van der Waals surface area contributed by atoms with Crippen molar-refractivity contribution in [1.82, 2.24) is 4.90 Å². The smallest absolute Gasteiger partial charge is 0.339 e. The van der Waals surface area contributed by atoms with Gasteiger partial charge in [-0.3, -0.25) is 4.79 Å². The van der Waals surface area contributed by atoms with Crippen molar-refractivity contribution in [2.45, 2.75) is 13.3 Å². The van der Waals surface area contributed by atoms with Crippen LogP contribution in [0.1, 0.15) is 21.5 Å². The first-order valence-corrected chi connectivity index (χ1v) is 8.84. The number of benzene rings is 2. The average Bonchev–Trinajstić information content (AvgIpc) is 2.69. The van der Waals surface area contributed by atoms with Crippen molar-refractivity contribution in [3.05, 3.63) is 65.2 Å². The highest BCUT2D eigenvalue weighted by Crippen LogP contribution is 2.22. The average molecular weight is 352 g/mol. The predicted octanol–water partition coefficient (Wildman–Crippen LogP) is 2.67. The van der Waals surface area contributed by atoms with Crippen LogP contribution in [0, 0.1) is 6.92 Å². The molecule has 5 nitrogen and oxygen atoms in total. The molecule has 2 aromatic rings. The van der Waals surface area contributed by atoms with Crippen molar-refractivity contribution in [2.75, 3.05) is 38.2 Å². The lowest BCUT2D eigenvalue weighted by Gasteiger charge is -2.36. The standard InChI is InChI=1S/C21H24N2O3/c1-16-7-9-17(10-8-16)15-20(24)23-13-11-22(12-14-23)19-6-4-3-5-18(19)21(25)26-2/h3-10H,11-15H2,1-2H3. The molecule has 0 aliphatic carbocycles. The van der Waals surface area contributed by atoms with Crippen LogP contribution in [0.2, 0.25) is 0 Å². The van der Waals surface area contributed by atoms with E-state index in [0.29, 0.717) is 38.2 Å². The van der Waals surface area contributed by atoms with Crippen molar-refractivity contribution in [2.24, 2.45) is 0 Å². The van der Waals surface area contributed by atoms with Gasteiger partial charge in [-0.15, -0.1) is 0 Å². The Kier molecular flexibility index (Phi) is 5.56. The lowest BCUT2D eigenvalue weighted by atomic mass is 10.1. The first-order chi connectivity index (χ1) is 12.6. The molecule has 1 heterocycles. The summed E-state index contributed by atoms with van der Waals surface area (Å²) in [5.41, 5.74) is 3.66. The molecule has 1 amide bonds. The van der Waals surface area contributed by atoms with Gasteiger partial charge in [0, 0.05) is 26.2 Å². The third kappa shape index (κ3) is 4.04. The molecule has 0 radical (unpaired) electrons. The molecule has 1 saturated heterocycles. The van der Waals surface area contributed by atoms with Crippen molar-refractivity contribution in [3.8, 4) is 0 Å². The summed E-state index contributed by atoms with van der Waals surface area (Å²) in [6, 6.07) is 15.5. The number of hydrogen-bond acceptors (Lipinski definition) is 4. The lowest BCUT2D eigenvalue weighted by molar-refractivity contribution is -0.130. The van der Waals surface area contributed by atoms with Crippen LogP contribution in [0.4, 0.5) is 5.69 Å². The number of ether oxygens (including phenoxy) is 1. The van der Waals surface area contributed by atoms with Crippen molar-refractivity contribution in [3.63, 3.8) is 0 Å². The third-order valence-electron chi connectivity index (χ3n) is 4.76. The molecule has 136 valence electrons. The molecule has 26 heavy (non-hydrogen) atoms. The van der Waals surface area contributed by atoms with Gasteiger partial charge in [0.25, 0.3) is 0 Å². The van der Waals surface area contributed by atoms with E-state index in [1.165, 1.54) is 12.7 Å². The van der Waals surface area contributed by atoms with Crippen LogP contribution in [0.25, 0.3) is 0 Å². The summed E-state index contributed by atoms with van der Waals surface area (Å²) in [4.78, 5) is 28.6. The van der Waals surface area contributed by atoms with Crippen LogP contribution in [-0.2, 0) is 16.0 Å². The van der Waals surface area contributed by atoms with Gasteiger partial charge >= 0.3 is 5.97 Å². The first-order valence-electron chi connectivity index (χ1n) is 8.84. The topological polar surface area (TPSA) is 49.9 Å². The number of piperazine rings is 1. The number of methoxy groups -OCH3 is 1. The molecule has 2 aromatic carbocycles. The molecule has 0 unspecified atom stereocenters. The van der Waals surface area contributed by atoms with E-state index in [0.717, 1.165) is 11.3 Å². The van der Waals surface area contributed by atoms with Gasteiger partial charge in [-0.1, -0.05) is 42.0 Å². The fourth-order valence-electron chi connectivity index (χ4n) is 3.22. The summed E-state index contributed by atoms with van der Waals surface area (Å²) in [6.45, 7) is 4.75. The van der Waals surface area contributed by atoms with Gasteiger partial charge in [-0.05, 0) is 24.6 Å². The number of esters is 1. The van der Waals surface area contributed by atoms with Crippen LogP contribution in [0.5, 0.6) is 0 Å². The number of rotatable bonds is 4. The molecule has 1 aliphatic rings. The van der Waals surface area contributed by atoms with E-state index >= 15 is 0 Å². The van der Waals surface area contributed by atoms with Gasteiger partial charge in [0.15, 0.2) is 0 Å². The van der Waals surface area contributed by atoms with E-state index in [9.17, 15) is 9.59 Å². The Hall–Kier alpha value is -2.82. The number of carbonyl (C=O) groups is 2. The van der Waals surface area contributed by atoms with E-state index in [4.69, 9.17) is 4.74 Å². The largest absolute Gasteiger partial charge is 0.465 e. The second-order valence-electron chi connectivity index (χ2n) is 6.54. The number of anilines is 1. The minimum atomic E-state index is -0.335. The number of carbonyl (C=O) groups excluding carboxylic acids is 2. The molecule has 0 spiro atoms. The molecule has 0 atom stereocenters. The molecule has 0 aromatic heterocycles. The summed E-state index contributed by atoms with van der Waals surface area (Å²) in [6.07, 6.45) is 0.430. The molecular weight excluding hydrogens is 328 g/mol. The zero-order valence-electron chi connectivity index (χ0n) is 15.3. The summed E-state index contributed by atoms with van der Waals surface area (Å²) in [7, 11) is 1.39. The second-order valence-corrected chi connectivity index (χ2v) is 6.54. The summed E-state index contributed by atoms with van der Waals surface area (Å²) >= 11 is 0. The predicted molar refractivity (Wildman–Crippen MR) is 101 cm³/mol. The normalized spacial score (nSPS) is 14.2. The number of aryl methyl sites for hydroxylation is 1. The number of amides is 1. The summed E-state index contributed by atoms with van der Waals surface area (Å²) < 4.78 is 4.87. The van der Waals surface area contributed by atoms with Gasteiger partial charge < -0.3 is 14.5 Å². The van der Waals surface area contributed by atoms with E-state index in [1.807, 2.05) is 54.3 Å². The van der Waals surface area contributed by atoms with Crippen LogP contribution in [-0.4, -0.2) is 50.1 Å². The quantitative estimate of drug-likeness (QED) is 0.794. The van der Waals surface area contributed by atoms with Crippen molar-refractivity contribution >= 4 is 17.6 Å². The number of para-hydroxylation sites is 1. The number of hydrogen-bond donors (Lipinski definition) is 0. The molecular formula is C21H24N2O3. The van der Waals surface area contributed by atoms with E-state index in [-0.39, 0.29) is 11.9 Å². The second kappa shape index (κ2) is 8.04. The van der Waals surface area contributed by atoms with E-state index in [1.54, 1.807) is 6.07 Å². The maximum Gasteiger partial charge on any atom is 0.339 e. The fraction of sp³-hybridized carbons (Fsp3) is 0.333. The number of nitrogens with zero attached hydrogens (tertiary/aromatic N) is 2. The molecule has 1 aliphatic heterocycles. The molecule has 0 N–H and O–H groups in total. The Bertz CT molecular complexity index is 778. The van der Waals surface area contributed by atoms with E-state index < -0.39 is 0 Å². The minimum Gasteiger partial charge on any atom is -0.465 e. The highest BCUT2D eigenvalue weighted by Gasteiger charge is 2.24. The van der Waals surface area contributed by atoms with Crippen molar-refractivity contribution < 1.29 is 14.3 Å². The Labute approximate surface area is 154 Å². The summed E-state index contributed by atoms with van der Waals surface area (Å²) in [5.74, 6) is -0.187. The Morgan fingerprint density at radius 3 is 2.27 bits per heavy atom. The fourth-order valence-corrected chi connectivity index (χ4v) is 3.22. The lowest BCUT2D eigenvalue weighted by Crippen LogP contribution is -2.49. The Morgan fingerprint density at radius 1 is 0.962 bits per heavy atom. The zero-order chi connectivity index (χ0) is 18.5. The summed E-state index contributed by atoms with van der Waals surface area (Å²) in [5, 5.41) is 0. The van der Waals surface area contributed by atoms with Crippen molar-refractivity contribution in [1.29, 1.82) is 0 Å². The van der Waals surface area contributed by atoms with Crippen LogP contribution < -0.4 is 4.90 Å². The highest BCUT2D eigenvalue weighted by molar-refractivity contribution is 5.95. The third-order valence-corrected chi connectivity index (χ3v) is 4.76. The molecule has 0 saturated carbocycles. The minimum absolute atomic E-state index is 0.148. The monoisotopic (exact) mass is 352 g/mol. The molecule has 3 rings (SSSR count). The van der Waals surface area contributed by atoms with Crippen LogP contribution >= 0.6 is 0 Å². The highest BCUT2D eigenvalue weighted by atomic mass is 16.5. The maximum atomic E-state index is 12.6. The van der Waals surface area contributed by atoms with Gasteiger partial charge in [-0.2, -0.15) is 0 Å². The SMILES string of the molecule is COC(=O)c1ccccc1N1CCN(C(=O)Cc2ccc(C)cc2)CC1. The Balaban J connectivity index is 1.62.